The molecule has 1 N–H and O–H groups in total. The molecule has 14 heavy (non-hydrogen) atoms. The predicted octanol–water partition coefficient (Wildman–Crippen LogP) is 2.58. The zero-order valence-electron chi connectivity index (χ0n) is 8.79. The lowest BCUT2D eigenvalue weighted by Crippen LogP contribution is -2.19. The second-order valence-electron chi connectivity index (χ2n) is 4.93. The summed E-state index contributed by atoms with van der Waals surface area (Å²) in [5, 5.41) is 9.22. The Labute approximate surface area is 89.0 Å². The van der Waals surface area contributed by atoms with Gasteiger partial charge < -0.3 is 5.11 Å². The SMILES string of the molecule is CC(C)(CO)Cc1scnc1C1CC1. The summed E-state index contributed by atoms with van der Waals surface area (Å²) in [5.41, 5.74) is 3.24. The molecule has 1 aliphatic carbocycles. The maximum atomic E-state index is 9.22. The summed E-state index contributed by atoms with van der Waals surface area (Å²) in [6, 6.07) is 0. The van der Waals surface area contributed by atoms with Crippen molar-refractivity contribution < 1.29 is 5.11 Å². The van der Waals surface area contributed by atoms with E-state index in [1.807, 2.05) is 5.51 Å². The van der Waals surface area contributed by atoms with Crippen LogP contribution >= 0.6 is 11.3 Å². The monoisotopic (exact) mass is 211 g/mol. The molecule has 0 bridgehead atoms. The number of hydrogen-bond donors (Lipinski definition) is 1. The van der Waals surface area contributed by atoms with Crippen LogP contribution in [0, 0.1) is 5.41 Å². The molecule has 78 valence electrons. The molecule has 3 heteroatoms. The van der Waals surface area contributed by atoms with Gasteiger partial charge in [-0.15, -0.1) is 11.3 Å². The minimum Gasteiger partial charge on any atom is -0.396 e. The van der Waals surface area contributed by atoms with Crippen molar-refractivity contribution in [2.45, 2.75) is 39.0 Å². The van der Waals surface area contributed by atoms with E-state index in [9.17, 15) is 5.11 Å². The summed E-state index contributed by atoms with van der Waals surface area (Å²) in [5.74, 6) is 0.728. The Kier molecular flexibility index (Phi) is 2.62. The molecule has 0 saturated heterocycles. The Morgan fingerprint density at radius 2 is 2.29 bits per heavy atom. The Morgan fingerprint density at radius 3 is 2.86 bits per heavy atom. The van der Waals surface area contributed by atoms with E-state index in [1.54, 1.807) is 11.3 Å². The number of hydrogen-bond acceptors (Lipinski definition) is 3. The van der Waals surface area contributed by atoms with Crippen molar-refractivity contribution >= 4 is 11.3 Å². The van der Waals surface area contributed by atoms with Crippen molar-refractivity contribution in [3.63, 3.8) is 0 Å². The van der Waals surface area contributed by atoms with Crippen LogP contribution in [0.2, 0.25) is 0 Å². The Morgan fingerprint density at radius 1 is 1.57 bits per heavy atom. The summed E-state index contributed by atoms with van der Waals surface area (Å²) in [4.78, 5) is 5.81. The van der Waals surface area contributed by atoms with E-state index in [0.717, 1.165) is 12.3 Å². The third-order valence-corrected chi connectivity index (χ3v) is 3.55. The highest BCUT2D eigenvalue weighted by atomic mass is 32.1. The maximum absolute atomic E-state index is 9.22. The first kappa shape index (κ1) is 10.1. The number of aliphatic hydroxyl groups excluding tert-OH is 1. The van der Waals surface area contributed by atoms with Crippen LogP contribution in [-0.4, -0.2) is 16.7 Å². The number of nitrogens with zero attached hydrogens (tertiary/aromatic N) is 1. The van der Waals surface area contributed by atoms with E-state index < -0.39 is 0 Å². The van der Waals surface area contributed by atoms with Crippen molar-refractivity contribution in [2.24, 2.45) is 5.41 Å². The zero-order valence-corrected chi connectivity index (χ0v) is 9.60. The smallest absolute Gasteiger partial charge is 0.0797 e. The Bertz CT molecular complexity index is 315. The molecule has 0 unspecified atom stereocenters. The lowest BCUT2D eigenvalue weighted by Gasteiger charge is -2.20. The van der Waals surface area contributed by atoms with Gasteiger partial charge in [-0.1, -0.05) is 13.8 Å². The minimum absolute atomic E-state index is 0.00380. The normalized spacial score (nSPS) is 17.4. The van der Waals surface area contributed by atoms with Gasteiger partial charge in [-0.05, 0) is 24.7 Å². The summed E-state index contributed by atoms with van der Waals surface area (Å²) >= 11 is 1.74. The minimum atomic E-state index is -0.00380. The molecule has 1 aromatic heterocycles. The highest BCUT2D eigenvalue weighted by Crippen LogP contribution is 2.43. The quantitative estimate of drug-likeness (QED) is 0.830. The molecule has 0 aliphatic heterocycles. The molecule has 1 saturated carbocycles. The fraction of sp³-hybridized carbons (Fsp3) is 0.727. The molecule has 0 spiro atoms. The van der Waals surface area contributed by atoms with Gasteiger partial charge in [-0.2, -0.15) is 0 Å². The highest BCUT2D eigenvalue weighted by Gasteiger charge is 2.30. The molecular formula is C11H17NOS. The second kappa shape index (κ2) is 3.63. The van der Waals surface area contributed by atoms with Gasteiger partial charge in [0, 0.05) is 17.4 Å². The van der Waals surface area contributed by atoms with Crippen molar-refractivity contribution in [2.75, 3.05) is 6.61 Å². The van der Waals surface area contributed by atoms with Crippen molar-refractivity contribution in [1.82, 2.24) is 4.98 Å². The molecule has 2 rings (SSSR count). The predicted molar refractivity (Wildman–Crippen MR) is 58.7 cm³/mol. The lowest BCUT2D eigenvalue weighted by molar-refractivity contribution is 0.160. The lowest BCUT2D eigenvalue weighted by atomic mass is 9.89. The van der Waals surface area contributed by atoms with Gasteiger partial charge in [0.05, 0.1) is 11.2 Å². The first-order chi connectivity index (χ1) is 6.62. The summed E-state index contributed by atoms with van der Waals surface area (Å²) in [6.45, 7) is 4.45. The molecule has 2 nitrogen and oxygen atoms in total. The van der Waals surface area contributed by atoms with Crippen LogP contribution in [0.1, 0.15) is 43.2 Å². The van der Waals surface area contributed by atoms with E-state index in [4.69, 9.17) is 0 Å². The highest BCUT2D eigenvalue weighted by molar-refractivity contribution is 7.09. The van der Waals surface area contributed by atoms with Crippen LogP contribution in [0.4, 0.5) is 0 Å². The number of rotatable bonds is 4. The largest absolute Gasteiger partial charge is 0.396 e. The van der Waals surface area contributed by atoms with Crippen molar-refractivity contribution in [3.05, 3.63) is 16.1 Å². The molecule has 1 aliphatic rings. The number of aromatic nitrogens is 1. The maximum Gasteiger partial charge on any atom is 0.0797 e. The van der Waals surface area contributed by atoms with Crippen LogP contribution in [0.25, 0.3) is 0 Å². The Hall–Kier alpha value is -0.410. The summed E-state index contributed by atoms with van der Waals surface area (Å²) in [7, 11) is 0. The first-order valence-corrected chi connectivity index (χ1v) is 6.03. The Balaban J connectivity index is 2.11. The van der Waals surface area contributed by atoms with Gasteiger partial charge >= 0.3 is 0 Å². The standard InChI is InChI=1S/C11H17NOS/c1-11(2,6-13)5-9-10(8-3-4-8)12-7-14-9/h7-8,13H,3-6H2,1-2H3. The summed E-state index contributed by atoms with van der Waals surface area (Å²) in [6.07, 6.45) is 3.56. The number of aliphatic hydroxyl groups is 1. The topological polar surface area (TPSA) is 33.1 Å². The van der Waals surface area contributed by atoms with E-state index in [0.29, 0.717) is 0 Å². The third-order valence-electron chi connectivity index (χ3n) is 2.70. The van der Waals surface area contributed by atoms with Crippen LogP contribution in [0.3, 0.4) is 0 Å². The molecule has 1 fully saturated rings. The van der Waals surface area contributed by atoms with Gasteiger partial charge in [0.15, 0.2) is 0 Å². The first-order valence-electron chi connectivity index (χ1n) is 5.15. The molecule has 0 amide bonds. The van der Waals surface area contributed by atoms with E-state index in [2.05, 4.69) is 18.8 Å². The van der Waals surface area contributed by atoms with Gasteiger partial charge in [-0.3, -0.25) is 0 Å². The van der Waals surface area contributed by atoms with Crippen LogP contribution < -0.4 is 0 Å². The molecule has 1 aromatic rings. The fourth-order valence-corrected chi connectivity index (χ4v) is 2.70. The second-order valence-corrected chi connectivity index (χ2v) is 5.87. The summed E-state index contributed by atoms with van der Waals surface area (Å²) < 4.78 is 0. The average Bonchev–Trinajstić information content (AvgIpc) is 2.88. The van der Waals surface area contributed by atoms with Gasteiger partial charge in [-0.25, -0.2) is 4.98 Å². The van der Waals surface area contributed by atoms with Crippen LogP contribution in [-0.2, 0) is 6.42 Å². The zero-order chi connectivity index (χ0) is 10.2. The van der Waals surface area contributed by atoms with E-state index >= 15 is 0 Å². The fourth-order valence-electron chi connectivity index (χ4n) is 1.59. The van der Waals surface area contributed by atoms with Gasteiger partial charge in [0.1, 0.15) is 0 Å². The molecule has 1 heterocycles. The van der Waals surface area contributed by atoms with Crippen molar-refractivity contribution in [3.8, 4) is 0 Å². The van der Waals surface area contributed by atoms with Crippen LogP contribution in [0.15, 0.2) is 5.51 Å². The molecular weight excluding hydrogens is 194 g/mol. The van der Waals surface area contributed by atoms with Crippen molar-refractivity contribution in [1.29, 1.82) is 0 Å². The third kappa shape index (κ3) is 2.15. The average molecular weight is 211 g/mol. The van der Waals surface area contributed by atoms with E-state index in [-0.39, 0.29) is 12.0 Å². The molecule has 0 aromatic carbocycles. The van der Waals surface area contributed by atoms with Gasteiger partial charge in [0.2, 0.25) is 0 Å². The van der Waals surface area contributed by atoms with E-state index in [1.165, 1.54) is 23.4 Å². The van der Waals surface area contributed by atoms with Gasteiger partial charge in [0.25, 0.3) is 0 Å². The number of thiazole rings is 1. The molecule has 0 radical (unpaired) electrons. The van der Waals surface area contributed by atoms with Crippen LogP contribution in [0.5, 0.6) is 0 Å². The molecule has 0 atom stereocenters.